The summed E-state index contributed by atoms with van der Waals surface area (Å²) in [6.45, 7) is 0. The van der Waals surface area contributed by atoms with Gasteiger partial charge in [0.25, 0.3) is 0 Å². The molecule has 1 aromatic heterocycles. The van der Waals surface area contributed by atoms with Crippen LogP contribution in [0.1, 0.15) is 5.82 Å². The van der Waals surface area contributed by atoms with E-state index in [4.69, 9.17) is 15.2 Å². The molecule has 0 bridgehead atoms. The topological polar surface area (TPSA) is 79.4 Å². The number of ether oxygens (including phenoxy) is 2. The third kappa shape index (κ3) is 2.30. The summed E-state index contributed by atoms with van der Waals surface area (Å²) < 4.78 is 11.2. The number of hydrogen-bond acceptors (Lipinski definition) is 4. The molecular weight excluding hydrogens is 186 g/mol. The zero-order chi connectivity index (χ0) is 10.6. The van der Waals surface area contributed by atoms with Crippen molar-refractivity contribution in [1.29, 1.82) is 0 Å². The molecule has 6 heteroatoms. The summed E-state index contributed by atoms with van der Waals surface area (Å²) in [6.07, 6.45) is 2.96. The number of methoxy groups -OCH3 is 2. The van der Waals surface area contributed by atoms with Gasteiger partial charge in [0.05, 0.1) is 6.42 Å². The molecule has 0 aliphatic heterocycles. The van der Waals surface area contributed by atoms with Crippen LogP contribution in [0.5, 0.6) is 0 Å². The van der Waals surface area contributed by atoms with E-state index in [9.17, 15) is 4.79 Å². The number of aromatic nitrogens is 2. The molecule has 0 radical (unpaired) electrons. The summed E-state index contributed by atoms with van der Waals surface area (Å²) in [5, 5.41) is 0. The van der Waals surface area contributed by atoms with Crippen molar-refractivity contribution in [3.05, 3.63) is 18.2 Å². The van der Waals surface area contributed by atoms with Crippen LogP contribution in [0.25, 0.3) is 0 Å². The molecule has 0 saturated heterocycles. The molecule has 1 aromatic rings. The van der Waals surface area contributed by atoms with E-state index in [-0.39, 0.29) is 0 Å². The second kappa shape index (κ2) is 4.73. The van der Waals surface area contributed by atoms with Gasteiger partial charge in [-0.05, 0) is 0 Å². The van der Waals surface area contributed by atoms with Gasteiger partial charge in [-0.3, -0.25) is 4.57 Å². The molecule has 2 N–H and O–H groups in total. The van der Waals surface area contributed by atoms with E-state index in [0.717, 1.165) is 0 Å². The largest absolute Gasteiger partial charge is 0.355 e. The number of primary amides is 1. The van der Waals surface area contributed by atoms with Crippen LogP contribution < -0.4 is 5.73 Å². The zero-order valence-corrected chi connectivity index (χ0v) is 8.14. The van der Waals surface area contributed by atoms with Gasteiger partial charge < -0.3 is 15.2 Å². The van der Waals surface area contributed by atoms with Crippen LogP contribution in [-0.2, 0) is 15.9 Å². The fourth-order valence-corrected chi connectivity index (χ4v) is 1.10. The SMILES string of the molecule is COC(Cc1nccn1C(N)=O)OC. The smallest absolute Gasteiger partial charge is 0.324 e. The summed E-state index contributed by atoms with van der Waals surface area (Å²) in [5.74, 6) is 0.520. The van der Waals surface area contributed by atoms with Gasteiger partial charge in [0.1, 0.15) is 5.82 Å². The fourth-order valence-electron chi connectivity index (χ4n) is 1.10. The van der Waals surface area contributed by atoms with Crippen LogP contribution in [0.15, 0.2) is 12.4 Å². The molecule has 1 heterocycles. The number of carbonyl (C=O) groups excluding carboxylic acids is 1. The lowest BCUT2D eigenvalue weighted by atomic mass is 10.4. The first kappa shape index (κ1) is 10.7. The van der Waals surface area contributed by atoms with Gasteiger partial charge in [0.15, 0.2) is 6.29 Å². The molecule has 14 heavy (non-hydrogen) atoms. The average Bonchev–Trinajstić information content (AvgIpc) is 2.62. The molecule has 0 unspecified atom stereocenters. The molecule has 0 spiro atoms. The van der Waals surface area contributed by atoms with E-state index in [1.165, 1.54) is 31.2 Å². The molecule has 0 aliphatic rings. The maximum atomic E-state index is 10.9. The lowest BCUT2D eigenvalue weighted by Gasteiger charge is -2.12. The quantitative estimate of drug-likeness (QED) is 0.690. The summed E-state index contributed by atoms with van der Waals surface area (Å²) in [7, 11) is 3.04. The monoisotopic (exact) mass is 199 g/mol. The molecule has 0 fully saturated rings. The van der Waals surface area contributed by atoms with Crippen molar-refractivity contribution in [1.82, 2.24) is 9.55 Å². The lowest BCUT2D eigenvalue weighted by Crippen LogP contribution is -2.25. The molecule has 78 valence electrons. The highest BCUT2D eigenvalue weighted by molar-refractivity contribution is 5.75. The van der Waals surface area contributed by atoms with Gasteiger partial charge >= 0.3 is 6.03 Å². The number of hydrogen-bond donors (Lipinski definition) is 1. The second-order valence-corrected chi connectivity index (χ2v) is 2.66. The van der Waals surface area contributed by atoms with Crippen molar-refractivity contribution in [2.75, 3.05) is 14.2 Å². The highest BCUT2D eigenvalue weighted by atomic mass is 16.7. The summed E-state index contributed by atoms with van der Waals surface area (Å²) in [5.41, 5.74) is 5.12. The minimum atomic E-state index is -0.566. The Bertz CT molecular complexity index is 307. The van der Waals surface area contributed by atoms with Crippen LogP contribution in [0.4, 0.5) is 4.79 Å². The van der Waals surface area contributed by atoms with E-state index in [1.54, 1.807) is 0 Å². The normalized spacial score (nSPS) is 10.8. The highest BCUT2D eigenvalue weighted by Gasteiger charge is 2.13. The Kier molecular flexibility index (Phi) is 3.61. The van der Waals surface area contributed by atoms with Gasteiger partial charge in [0.2, 0.25) is 0 Å². The Morgan fingerprint density at radius 2 is 2.29 bits per heavy atom. The molecule has 1 rings (SSSR count). The van der Waals surface area contributed by atoms with Crippen LogP contribution in [-0.4, -0.2) is 36.1 Å². The van der Waals surface area contributed by atoms with Crippen LogP contribution in [0, 0.1) is 0 Å². The molecule has 6 nitrogen and oxygen atoms in total. The molecule has 0 aromatic carbocycles. The fraction of sp³-hybridized carbons (Fsp3) is 0.500. The Morgan fingerprint density at radius 1 is 1.64 bits per heavy atom. The van der Waals surface area contributed by atoms with Gasteiger partial charge in [-0.2, -0.15) is 0 Å². The van der Waals surface area contributed by atoms with Gasteiger partial charge in [-0.15, -0.1) is 0 Å². The standard InChI is InChI=1S/C8H13N3O3/c1-13-7(14-2)5-6-10-3-4-11(6)8(9)12/h3-4,7H,5H2,1-2H3,(H2,9,12). The van der Waals surface area contributed by atoms with E-state index < -0.39 is 12.3 Å². The van der Waals surface area contributed by atoms with Crippen molar-refractivity contribution in [2.24, 2.45) is 5.73 Å². The number of rotatable bonds is 4. The zero-order valence-electron chi connectivity index (χ0n) is 8.14. The van der Waals surface area contributed by atoms with Crippen molar-refractivity contribution < 1.29 is 14.3 Å². The number of nitrogens with two attached hydrogens (primary N) is 1. The number of nitrogens with zero attached hydrogens (tertiary/aromatic N) is 2. The highest BCUT2D eigenvalue weighted by Crippen LogP contribution is 2.03. The van der Waals surface area contributed by atoms with Gasteiger partial charge in [0, 0.05) is 26.6 Å². The lowest BCUT2D eigenvalue weighted by molar-refractivity contribution is -0.101. The Hall–Kier alpha value is -1.40. The maximum absolute atomic E-state index is 10.9. The predicted octanol–water partition coefficient (Wildman–Crippen LogP) is -0.0287. The maximum Gasteiger partial charge on any atom is 0.324 e. The first-order valence-corrected chi connectivity index (χ1v) is 4.06. The minimum absolute atomic E-state index is 0.378. The van der Waals surface area contributed by atoms with E-state index in [1.807, 2.05) is 0 Å². The Morgan fingerprint density at radius 3 is 2.79 bits per heavy atom. The molecular formula is C8H13N3O3. The Labute approximate surface area is 81.6 Å². The average molecular weight is 199 g/mol. The van der Waals surface area contributed by atoms with Gasteiger partial charge in [-0.25, -0.2) is 9.78 Å². The van der Waals surface area contributed by atoms with Crippen molar-refractivity contribution in [3.8, 4) is 0 Å². The van der Waals surface area contributed by atoms with Crippen LogP contribution in [0.2, 0.25) is 0 Å². The summed E-state index contributed by atoms with van der Waals surface area (Å²) >= 11 is 0. The van der Waals surface area contributed by atoms with Crippen LogP contribution in [0.3, 0.4) is 0 Å². The van der Waals surface area contributed by atoms with Crippen molar-refractivity contribution >= 4 is 6.03 Å². The summed E-state index contributed by atoms with van der Waals surface area (Å²) in [6, 6.07) is -0.566. The van der Waals surface area contributed by atoms with Crippen LogP contribution >= 0.6 is 0 Å². The van der Waals surface area contributed by atoms with Gasteiger partial charge in [-0.1, -0.05) is 0 Å². The Balaban J connectivity index is 2.75. The number of imidazole rings is 1. The second-order valence-electron chi connectivity index (χ2n) is 2.66. The molecule has 0 saturated carbocycles. The number of amides is 1. The third-order valence-corrected chi connectivity index (χ3v) is 1.83. The minimum Gasteiger partial charge on any atom is -0.355 e. The van der Waals surface area contributed by atoms with E-state index >= 15 is 0 Å². The summed E-state index contributed by atoms with van der Waals surface area (Å²) in [4.78, 5) is 14.9. The van der Waals surface area contributed by atoms with Crippen molar-refractivity contribution in [2.45, 2.75) is 12.7 Å². The number of carbonyl (C=O) groups is 1. The first-order chi connectivity index (χ1) is 6.69. The first-order valence-electron chi connectivity index (χ1n) is 4.06. The van der Waals surface area contributed by atoms with E-state index in [2.05, 4.69) is 4.98 Å². The predicted molar refractivity (Wildman–Crippen MR) is 48.7 cm³/mol. The molecule has 0 atom stereocenters. The molecule has 1 amide bonds. The molecule has 0 aliphatic carbocycles. The van der Waals surface area contributed by atoms with E-state index in [0.29, 0.717) is 12.2 Å². The van der Waals surface area contributed by atoms with Crippen molar-refractivity contribution in [3.63, 3.8) is 0 Å². The third-order valence-electron chi connectivity index (χ3n) is 1.83.